The van der Waals surface area contributed by atoms with Crippen LogP contribution in [0.2, 0.25) is 0 Å². The van der Waals surface area contributed by atoms with Crippen molar-refractivity contribution in [3.63, 3.8) is 0 Å². The zero-order valence-electron chi connectivity index (χ0n) is 23.0. The predicted octanol–water partition coefficient (Wildman–Crippen LogP) is 5.32. The van der Waals surface area contributed by atoms with Crippen molar-refractivity contribution < 1.29 is 18.7 Å². The number of carbonyl (C=O) groups excluding carboxylic acids is 1. The molecule has 0 spiro atoms. The first kappa shape index (κ1) is 25.9. The molecule has 1 N–H and O–H groups in total. The van der Waals surface area contributed by atoms with Crippen LogP contribution >= 0.6 is 0 Å². The molecule has 39 heavy (non-hydrogen) atoms. The molecule has 1 amide bonds. The van der Waals surface area contributed by atoms with E-state index >= 15 is 0 Å². The van der Waals surface area contributed by atoms with Crippen LogP contribution in [0.3, 0.4) is 0 Å². The first-order chi connectivity index (χ1) is 18.9. The lowest BCUT2D eigenvalue weighted by atomic mass is 9.83. The Balaban J connectivity index is 1.28. The van der Waals surface area contributed by atoms with Crippen molar-refractivity contribution in [3.8, 4) is 22.6 Å². The second-order valence-electron chi connectivity index (χ2n) is 11.9. The molecule has 4 heterocycles. The number of aryl methyl sites for hydroxylation is 1. The Labute approximate surface area is 229 Å². The summed E-state index contributed by atoms with van der Waals surface area (Å²) in [6.45, 7) is 7.01. The molecule has 7 nitrogen and oxygen atoms in total. The Morgan fingerprint density at radius 1 is 1.10 bits per heavy atom. The van der Waals surface area contributed by atoms with Gasteiger partial charge in [0.15, 0.2) is 6.61 Å². The van der Waals surface area contributed by atoms with Gasteiger partial charge in [-0.05, 0) is 76.9 Å². The van der Waals surface area contributed by atoms with E-state index in [1.165, 1.54) is 44.8 Å². The molecule has 0 bridgehead atoms. The molecule has 0 saturated carbocycles. The Morgan fingerprint density at radius 3 is 2.77 bits per heavy atom. The zero-order chi connectivity index (χ0) is 27.0. The van der Waals surface area contributed by atoms with Gasteiger partial charge >= 0.3 is 5.63 Å². The van der Waals surface area contributed by atoms with Crippen LogP contribution < -0.4 is 20.4 Å². The summed E-state index contributed by atoms with van der Waals surface area (Å²) >= 11 is 0. The number of nitrogens with zero attached hydrogens (tertiary/aromatic N) is 1. The number of nitrogens with one attached hydrogen (secondary N) is 1. The number of rotatable bonds is 6. The molecule has 1 aromatic heterocycles. The minimum Gasteiger partial charge on any atom is -0.487 e. The Kier molecular flexibility index (Phi) is 7.10. The quantitative estimate of drug-likeness (QED) is 0.435. The second kappa shape index (κ2) is 10.7. The van der Waals surface area contributed by atoms with E-state index in [1.807, 2.05) is 50.2 Å². The third kappa shape index (κ3) is 5.42. The van der Waals surface area contributed by atoms with E-state index in [2.05, 4.69) is 10.2 Å². The lowest BCUT2D eigenvalue weighted by Crippen LogP contribution is -2.51. The molecule has 0 aliphatic carbocycles. The normalized spacial score (nSPS) is 22.4. The number of carbonyl (C=O) groups is 1. The largest absolute Gasteiger partial charge is 0.487 e. The van der Waals surface area contributed by atoms with Gasteiger partial charge in [0.05, 0.1) is 5.39 Å². The van der Waals surface area contributed by atoms with Crippen molar-refractivity contribution >= 4 is 16.9 Å². The zero-order valence-corrected chi connectivity index (χ0v) is 23.0. The first-order valence-electron chi connectivity index (χ1n) is 14.4. The van der Waals surface area contributed by atoms with Gasteiger partial charge in [0, 0.05) is 35.8 Å². The topological polar surface area (TPSA) is 81.0 Å². The maximum atomic E-state index is 13.0. The molecule has 206 valence electrons. The maximum Gasteiger partial charge on any atom is 0.336 e. The number of piperidine rings is 2. The van der Waals surface area contributed by atoms with E-state index in [-0.39, 0.29) is 18.1 Å². The van der Waals surface area contributed by atoms with Gasteiger partial charge in [0.1, 0.15) is 22.7 Å². The van der Waals surface area contributed by atoms with Crippen LogP contribution in [-0.2, 0) is 11.2 Å². The molecule has 0 radical (unpaired) electrons. The van der Waals surface area contributed by atoms with Gasteiger partial charge in [-0.25, -0.2) is 4.79 Å². The van der Waals surface area contributed by atoms with Crippen LogP contribution in [0.25, 0.3) is 22.1 Å². The van der Waals surface area contributed by atoms with Gasteiger partial charge in [0.2, 0.25) is 0 Å². The average Bonchev–Trinajstić information content (AvgIpc) is 2.94. The number of ether oxygens (including phenoxy) is 2. The third-order valence-electron chi connectivity index (χ3n) is 8.64. The fraction of sp³-hybridized carbons (Fsp3) is 0.500. The fourth-order valence-corrected chi connectivity index (χ4v) is 6.66. The first-order valence-corrected chi connectivity index (χ1v) is 14.4. The SMILES string of the molecule is CC1(C)CCc2c(cc(OCC(=O)NC[C@@H]3CCCN4CCCC[C@H]34)c3c(-c4ccccc4)cc(=O)oc23)O1. The molecular weight excluding hydrogens is 492 g/mol. The summed E-state index contributed by atoms with van der Waals surface area (Å²) in [4.78, 5) is 28.3. The standard InChI is InChI=1S/C32H38N2O5/c1-32(2)14-13-23-26(39-32)18-27(30-24(17-29(36)38-31(23)30)21-9-4-3-5-10-21)37-20-28(35)33-19-22-11-8-16-34-15-7-6-12-25(22)34/h3-5,9-10,17-18,22,25H,6-8,11-16,19-20H2,1-2H3,(H,33,35)/t22-,25+/m0/s1. The fourth-order valence-electron chi connectivity index (χ4n) is 6.66. The highest BCUT2D eigenvalue weighted by Crippen LogP contribution is 2.44. The maximum absolute atomic E-state index is 13.0. The van der Waals surface area contributed by atoms with E-state index in [4.69, 9.17) is 13.9 Å². The lowest BCUT2D eigenvalue weighted by Gasteiger charge is -2.44. The summed E-state index contributed by atoms with van der Waals surface area (Å²) in [6.07, 6.45) is 7.66. The van der Waals surface area contributed by atoms with E-state index < -0.39 is 5.63 Å². The Bertz CT molecular complexity index is 1410. The molecule has 3 aliphatic heterocycles. The minimum absolute atomic E-state index is 0.119. The van der Waals surface area contributed by atoms with Gasteiger partial charge in [-0.2, -0.15) is 0 Å². The van der Waals surface area contributed by atoms with Crippen LogP contribution in [0.1, 0.15) is 57.9 Å². The summed E-state index contributed by atoms with van der Waals surface area (Å²) in [5.74, 6) is 1.47. The highest BCUT2D eigenvalue weighted by atomic mass is 16.5. The molecule has 2 saturated heterocycles. The van der Waals surface area contributed by atoms with Gasteiger partial charge < -0.3 is 24.1 Å². The van der Waals surface area contributed by atoms with Crippen molar-refractivity contribution in [3.05, 3.63) is 58.4 Å². The number of fused-ring (bicyclic) bond motifs is 4. The molecule has 3 aliphatic rings. The number of hydrogen-bond donors (Lipinski definition) is 1. The van der Waals surface area contributed by atoms with Crippen molar-refractivity contribution in [2.45, 2.75) is 70.4 Å². The van der Waals surface area contributed by atoms with Crippen LogP contribution in [-0.4, -0.2) is 48.7 Å². The van der Waals surface area contributed by atoms with Crippen LogP contribution in [0, 0.1) is 5.92 Å². The summed E-state index contributed by atoms with van der Waals surface area (Å²) in [7, 11) is 0. The molecular formula is C32H38N2O5. The molecule has 7 heteroatoms. The van der Waals surface area contributed by atoms with Gasteiger partial charge in [-0.15, -0.1) is 0 Å². The van der Waals surface area contributed by atoms with Crippen LogP contribution in [0.4, 0.5) is 0 Å². The summed E-state index contributed by atoms with van der Waals surface area (Å²) in [6, 6.07) is 13.7. The van der Waals surface area contributed by atoms with Gasteiger partial charge in [-0.1, -0.05) is 36.8 Å². The molecule has 2 aromatic carbocycles. The number of amides is 1. The molecule has 6 rings (SSSR count). The molecule has 0 unspecified atom stereocenters. The number of benzene rings is 2. The van der Waals surface area contributed by atoms with Crippen molar-refractivity contribution in [1.29, 1.82) is 0 Å². The lowest BCUT2D eigenvalue weighted by molar-refractivity contribution is -0.123. The van der Waals surface area contributed by atoms with Crippen molar-refractivity contribution in [2.75, 3.05) is 26.2 Å². The number of hydrogen-bond acceptors (Lipinski definition) is 6. The van der Waals surface area contributed by atoms with E-state index in [0.29, 0.717) is 41.0 Å². The summed E-state index contributed by atoms with van der Waals surface area (Å²) in [5, 5.41) is 3.83. The Morgan fingerprint density at radius 2 is 1.92 bits per heavy atom. The highest BCUT2D eigenvalue weighted by Gasteiger charge is 2.33. The van der Waals surface area contributed by atoms with Crippen molar-refractivity contribution in [1.82, 2.24) is 10.2 Å². The Hall–Kier alpha value is -3.32. The second-order valence-corrected chi connectivity index (χ2v) is 11.9. The highest BCUT2D eigenvalue weighted by molar-refractivity contribution is 6.00. The molecule has 2 fully saturated rings. The van der Waals surface area contributed by atoms with Crippen molar-refractivity contribution in [2.24, 2.45) is 5.92 Å². The van der Waals surface area contributed by atoms with Crippen LogP contribution in [0.15, 0.2) is 51.7 Å². The average molecular weight is 531 g/mol. The van der Waals surface area contributed by atoms with E-state index in [0.717, 1.165) is 36.0 Å². The van der Waals surface area contributed by atoms with Gasteiger partial charge in [0.25, 0.3) is 5.91 Å². The summed E-state index contributed by atoms with van der Waals surface area (Å²) in [5.41, 5.74) is 2.18. The summed E-state index contributed by atoms with van der Waals surface area (Å²) < 4.78 is 18.3. The smallest absolute Gasteiger partial charge is 0.336 e. The van der Waals surface area contributed by atoms with Gasteiger partial charge in [-0.3, -0.25) is 4.79 Å². The van der Waals surface area contributed by atoms with E-state index in [9.17, 15) is 9.59 Å². The molecule has 2 atom stereocenters. The van der Waals surface area contributed by atoms with Crippen LogP contribution in [0.5, 0.6) is 11.5 Å². The predicted molar refractivity (Wildman–Crippen MR) is 151 cm³/mol. The molecule has 3 aromatic rings. The minimum atomic E-state index is -0.424. The van der Waals surface area contributed by atoms with E-state index in [1.54, 1.807) is 0 Å². The monoisotopic (exact) mass is 530 g/mol. The third-order valence-corrected chi connectivity index (χ3v) is 8.64.